The molecule has 0 fully saturated rings. The zero-order chi connectivity index (χ0) is 15.8. The molecule has 0 aliphatic carbocycles. The van der Waals surface area contributed by atoms with Crippen LogP contribution >= 0.6 is 0 Å². The number of carboxylic acids is 1. The number of unbranched alkanes of at least 4 members (excludes halogenated alkanes) is 2. The first-order valence-electron chi connectivity index (χ1n) is 7.86. The molecule has 1 rings (SSSR count). The molecule has 0 bridgehead atoms. The molecule has 0 spiro atoms. The van der Waals surface area contributed by atoms with Crippen molar-refractivity contribution in [3.05, 3.63) is 17.7 Å². The molecule has 21 heavy (non-hydrogen) atoms. The van der Waals surface area contributed by atoms with Crippen molar-refractivity contribution in [2.45, 2.75) is 59.3 Å². The Morgan fingerprint density at radius 3 is 2.24 bits per heavy atom. The van der Waals surface area contributed by atoms with Gasteiger partial charge in [-0.1, -0.05) is 40.5 Å². The number of nitrogens with zero attached hydrogens (tertiary/aromatic N) is 3. The molecule has 1 aromatic rings. The lowest BCUT2D eigenvalue weighted by Gasteiger charge is -2.25. The van der Waals surface area contributed by atoms with E-state index < -0.39 is 5.97 Å². The summed E-state index contributed by atoms with van der Waals surface area (Å²) in [5.74, 6) is -0.272. The van der Waals surface area contributed by atoms with Crippen molar-refractivity contribution in [2.75, 3.05) is 18.0 Å². The SMILES string of the molecule is CCCCN(CCCC)c1cnc(C(C)C)nc1C(=O)O. The van der Waals surface area contributed by atoms with Crippen molar-refractivity contribution in [1.82, 2.24) is 9.97 Å². The molecule has 1 aromatic heterocycles. The van der Waals surface area contributed by atoms with E-state index in [0.717, 1.165) is 38.8 Å². The Bertz CT molecular complexity index is 453. The lowest BCUT2D eigenvalue weighted by molar-refractivity contribution is 0.0690. The van der Waals surface area contributed by atoms with Crippen LogP contribution in [0.3, 0.4) is 0 Å². The molecule has 5 nitrogen and oxygen atoms in total. The van der Waals surface area contributed by atoms with Crippen LogP contribution in [0, 0.1) is 0 Å². The molecule has 1 heterocycles. The van der Waals surface area contributed by atoms with Crippen LogP contribution in [0.2, 0.25) is 0 Å². The summed E-state index contributed by atoms with van der Waals surface area (Å²) >= 11 is 0. The number of hydrogen-bond acceptors (Lipinski definition) is 4. The van der Waals surface area contributed by atoms with E-state index in [-0.39, 0.29) is 11.6 Å². The van der Waals surface area contributed by atoms with Gasteiger partial charge in [-0.3, -0.25) is 0 Å². The standard InChI is InChI=1S/C16H27N3O2/c1-5-7-9-19(10-8-6-2)13-11-17-15(12(3)4)18-14(13)16(20)21/h11-12H,5-10H2,1-4H3,(H,20,21). The molecule has 0 aliphatic heterocycles. The highest BCUT2D eigenvalue weighted by molar-refractivity contribution is 5.92. The summed E-state index contributed by atoms with van der Waals surface area (Å²) in [4.78, 5) is 22.2. The largest absolute Gasteiger partial charge is 0.476 e. The third-order valence-electron chi connectivity index (χ3n) is 3.41. The molecule has 0 saturated carbocycles. The minimum Gasteiger partial charge on any atom is -0.476 e. The van der Waals surface area contributed by atoms with E-state index in [9.17, 15) is 9.90 Å². The molecule has 5 heteroatoms. The number of anilines is 1. The van der Waals surface area contributed by atoms with Gasteiger partial charge in [0.25, 0.3) is 0 Å². The zero-order valence-electron chi connectivity index (χ0n) is 13.6. The number of aromatic nitrogens is 2. The molecule has 0 radical (unpaired) electrons. The van der Waals surface area contributed by atoms with Crippen molar-refractivity contribution in [3.8, 4) is 0 Å². The van der Waals surface area contributed by atoms with Crippen molar-refractivity contribution in [1.29, 1.82) is 0 Å². The maximum Gasteiger partial charge on any atom is 0.356 e. The molecule has 0 amide bonds. The van der Waals surface area contributed by atoms with Gasteiger partial charge in [0, 0.05) is 19.0 Å². The quantitative estimate of drug-likeness (QED) is 0.752. The number of carboxylic acid groups (broad SMARTS) is 1. The summed E-state index contributed by atoms with van der Waals surface area (Å²) in [7, 11) is 0. The van der Waals surface area contributed by atoms with Crippen molar-refractivity contribution >= 4 is 11.7 Å². The molecule has 1 N–H and O–H groups in total. The predicted octanol–water partition coefficient (Wildman–Crippen LogP) is 3.70. The van der Waals surface area contributed by atoms with Crippen LogP contribution in [0.1, 0.15) is 75.6 Å². The molecule has 0 atom stereocenters. The highest BCUT2D eigenvalue weighted by Crippen LogP contribution is 2.21. The maximum absolute atomic E-state index is 11.5. The van der Waals surface area contributed by atoms with Gasteiger partial charge in [0.15, 0.2) is 5.69 Å². The van der Waals surface area contributed by atoms with Gasteiger partial charge in [-0.05, 0) is 12.8 Å². The summed E-state index contributed by atoms with van der Waals surface area (Å²) < 4.78 is 0. The van der Waals surface area contributed by atoms with Crippen LogP contribution in [0.5, 0.6) is 0 Å². The average molecular weight is 293 g/mol. The molecule has 0 aromatic carbocycles. The Balaban J connectivity index is 3.12. The zero-order valence-corrected chi connectivity index (χ0v) is 13.6. The molecule has 118 valence electrons. The lowest BCUT2D eigenvalue weighted by atomic mass is 10.2. The number of rotatable bonds is 9. The highest BCUT2D eigenvalue weighted by Gasteiger charge is 2.19. The Morgan fingerprint density at radius 1 is 1.24 bits per heavy atom. The van der Waals surface area contributed by atoms with Gasteiger partial charge in [-0.15, -0.1) is 0 Å². The first-order valence-corrected chi connectivity index (χ1v) is 7.86. The first kappa shape index (κ1) is 17.4. The van der Waals surface area contributed by atoms with Crippen LogP contribution in [-0.2, 0) is 0 Å². The van der Waals surface area contributed by atoms with Crippen molar-refractivity contribution in [2.24, 2.45) is 0 Å². The van der Waals surface area contributed by atoms with Gasteiger partial charge < -0.3 is 10.0 Å². The number of aromatic carboxylic acids is 1. The van der Waals surface area contributed by atoms with Crippen LogP contribution in [0.25, 0.3) is 0 Å². The fourth-order valence-electron chi connectivity index (χ4n) is 2.11. The van der Waals surface area contributed by atoms with Gasteiger partial charge in [-0.2, -0.15) is 0 Å². The molecule has 0 aliphatic rings. The molecular weight excluding hydrogens is 266 g/mol. The van der Waals surface area contributed by atoms with Gasteiger partial charge in [0.05, 0.1) is 11.9 Å². The summed E-state index contributed by atoms with van der Waals surface area (Å²) in [6.45, 7) is 9.89. The first-order chi connectivity index (χ1) is 10.0. The van der Waals surface area contributed by atoms with E-state index in [0.29, 0.717) is 11.5 Å². The minimum atomic E-state index is -0.979. The van der Waals surface area contributed by atoms with Gasteiger partial charge in [0.1, 0.15) is 5.82 Å². The highest BCUT2D eigenvalue weighted by atomic mass is 16.4. The second kappa shape index (κ2) is 8.60. The Hall–Kier alpha value is -1.65. The Labute approximate surface area is 127 Å². The predicted molar refractivity (Wildman–Crippen MR) is 85.1 cm³/mol. The third kappa shape index (κ3) is 4.99. The minimum absolute atomic E-state index is 0.122. The molecule has 0 saturated heterocycles. The van der Waals surface area contributed by atoms with Crippen molar-refractivity contribution < 1.29 is 9.90 Å². The summed E-state index contributed by atoms with van der Waals surface area (Å²) in [6.07, 6.45) is 5.91. The summed E-state index contributed by atoms with van der Waals surface area (Å²) in [6, 6.07) is 0. The summed E-state index contributed by atoms with van der Waals surface area (Å²) in [5.41, 5.74) is 0.773. The summed E-state index contributed by atoms with van der Waals surface area (Å²) in [5, 5.41) is 9.45. The van der Waals surface area contributed by atoms with Gasteiger partial charge in [0.2, 0.25) is 0 Å². The number of hydrogen-bond donors (Lipinski definition) is 1. The van der Waals surface area contributed by atoms with Crippen LogP contribution in [-0.4, -0.2) is 34.1 Å². The Morgan fingerprint density at radius 2 is 1.81 bits per heavy atom. The van der Waals surface area contributed by atoms with Gasteiger partial charge in [-0.25, -0.2) is 14.8 Å². The molecular formula is C16H27N3O2. The van der Waals surface area contributed by atoms with E-state index in [4.69, 9.17) is 0 Å². The van der Waals surface area contributed by atoms with E-state index >= 15 is 0 Å². The van der Waals surface area contributed by atoms with E-state index in [2.05, 4.69) is 28.7 Å². The van der Waals surface area contributed by atoms with Crippen LogP contribution < -0.4 is 4.90 Å². The average Bonchev–Trinajstić information content (AvgIpc) is 2.46. The van der Waals surface area contributed by atoms with E-state index in [1.807, 2.05) is 13.8 Å². The van der Waals surface area contributed by atoms with Crippen LogP contribution in [0.15, 0.2) is 6.20 Å². The van der Waals surface area contributed by atoms with Crippen LogP contribution in [0.4, 0.5) is 5.69 Å². The normalized spacial score (nSPS) is 10.9. The molecule has 0 unspecified atom stereocenters. The Kier molecular flexibility index (Phi) is 7.12. The fourth-order valence-corrected chi connectivity index (χ4v) is 2.11. The van der Waals surface area contributed by atoms with Crippen molar-refractivity contribution in [3.63, 3.8) is 0 Å². The van der Waals surface area contributed by atoms with E-state index in [1.54, 1.807) is 6.20 Å². The maximum atomic E-state index is 11.5. The van der Waals surface area contributed by atoms with Gasteiger partial charge >= 0.3 is 5.97 Å². The fraction of sp³-hybridized carbons (Fsp3) is 0.688. The second-order valence-corrected chi connectivity index (χ2v) is 5.62. The van der Waals surface area contributed by atoms with E-state index in [1.165, 1.54) is 0 Å². The third-order valence-corrected chi connectivity index (χ3v) is 3.41. The smallest absolute Gasteiger partial charge is 0.356 e. The topological polar surface area (TPSA) is 66.3 Å². The lowest BCUT2D eigenvalue weighted by Crippen LogP contribution is -2.28. The second-order valence-electron chi connectivity index (χ2n) is 5.62. The monoisotopic (exact) mass is 293 g/mol. The number of carbonyl (C=O) groups is 1.